The van der Waals surface area contributed by atoms with Crippen LogP contribution in [0.5, 0.6) is 0 Å². The van der Waals surface area contributed by atoms with Crippen molar-refractivity contribution in [3.05, 3.63) is 29.6 Å². The molecule has 0 aliphatic heterocycles. The molecule has 0 N–H and O–H groups in total. The second-order valence-corrected chi connectivity index (χ2v) is 10.3. The third-order valence-electron chi connectivity index (χ3n) is 8.13. The molecule has 0 amide bonds. The van der Waals surface area contributed by atoms with Gasteiger partial charge in [-0.15, -0.1) is 0 Å². The summed E-state index contributed by atoms with van der Waals surface area (Å²) in [4.78, 5) is 4.89. The summed E-state index contributed by atoms with van der Waals surface area (Å²) < 4.78 is 0. The van der Waals surface area contributed by atoms with E-state index in [0.717, 1.165) is 23.7 Å². The Balaban J connectivity index is 1.36. The highest BCUT2D eigenvalue weighted by Crippen LogP contribution is 2.44. The van der Waals surface area contributed by atoms with Crippen molar-refractivity contribution in [3.8, 4) is 0 Å². The fourth-order valence-corrected chi connectivity index (χ4v) is 6.09. The van der Waals surface area contributed by atoms with Crippen LogP contribution in [0.25, 0.3) is 0 Å². The molecule has 2 aliphatic carbocycles. The van der Waals surface area contributed by atoms with Gasteiger partial charge < -0.3 is 0 Å². The van der Waals surface area contributed by atoms with Crippen molar-refractivity contribution in [2.45, 2.75) is 129 Å². The van der Waals surface area contributed by atoms with Crippen LogP contribution < -0.4 is 0 Å². The van der Waals surface area contributed by atoms with Crippen molar-refractivity contribution < 1.29 is 0 Å². The predicted molar refractivity (Wildman–Crippen MR) is 126 cm³/mol. The lowest BCUT2D eigenvalue weighted by Gasteiger charge is -2.37. The number of hydrogen-bond acceptors (Lipinski definition) is 1. The second-order valence-electron chi connectivity index (χ2n) is 10.3. The summed E-state index contributed by atoms with van der Waals surface area (Å²) in [5, 5.41) is 0. The van der Waals surface area contributed by atoms with Gasteiger partial charge >= 0.3 is 0 Å². The van der Waals surface area contributed by atoms with Gasteiger partial charge in [0, 0.05) is 17.8 Å². The van der Waals surface area contributed by atoms with Crippen LogP contribution in [0, 0.1) is 17.8 Å². The van der Waals surface area contributed by atoms with E-state index in [4.69, 9.17) is 4.98 Å². The molecule has 2 fully saturated rings. The molecule has 1 nitrogen and oxygen atoms in total. The first-order chi connectivity index (χ1) is 14.3. The van der Waals surface area contributed by atoms with Crippen molar-refractivity contribution in [1.82, 2.24) is 4.98 Å². The van der Waals surface area contributed by atoms with E-state index in [-0.39, 0.29) is 0 Å². The molecule has 0 unspecified atom stereocenters. The fraction of sp³-hybridized carbons (Fsp3) is 0.821. The zero-order valence-electron chi connectivity index (χ0n) is 19.5. The highest BCUT2D eigenvalue weighted by atomic mass is 14.7. The van der Waals surface area contributed by atoms with Crippen molar-refractivity contribution in [2.75, 3.05) is 0 Å². The molecule has 0 aromatic carbocycles. The quantitative estimate of drug-likeness (QED) is 0.340. The van der Waals surface area contributed by atoms with Crippen molar-refractivity contribution in [3.63, 3.8) is 0 Å². The number of aryl methyl sites for hydroxylation is 1. The van der Waals surface area contributed by atoms with Gasteiger partial charge in [0.05, 0.1) is 0 Å². The monoisotopic (exact) mass is 397 g/mol. The topological polar surface area (TPSA) is 12.9 Å². The molecular formula is C28H47N. The highest BCUT2D eigenvalue weighted by Gasteiger charge is 2.31. The Labute approximate surface area is 181 Å². The predicted octanol–water partition coefficient (Wildman–Crippen LogP) is 8.86. The molecule has 2 aliphatic rings. The summed E-state index contributed by atoms with van der Waals surface area (Å²) in [5.41, 5.74) is 2.82. The number of aromatic nitrogens is 1. The number of rotatable bonds is 11. The van der Waals surface area contributed by atoms with Crippen LogP contribution in [0.3, 0.4) is 0 Å². The standard InChI is InChI=1S/C28H47N/c1-3-5-7-8-9-11-24-14-21-28(29-22-24)27-19-17-26(18-20-27)25-15-12-23(13-16-25)10-6-4-2/h14,21-23,25-27H,3-13,15-20H2,1-2H3/t23-,25-,26?,27?. The molecule has 0 saturated heterocycles. The van der Waals surface area contributed by atoms with Crippen LogP contribution in [0.1, 0.15) is 134 Å². The summed E-state index contributed by atoms with van der Waals surface area (Å²) in [7, 11) is 0. The summed E-state index contributed by atoms with van der Waals surface area (Å²) >= 11 is 0. The minimum Gasteiger partial charge on any atom is -0.261 e. The van der Waals surface area contributed by atoms with Gasteiger partial charge in [-0.2, -0.15) is 0 Å². The lowest BCUT2D eigenvalue weighted by atomic mass is 9.68. The van der Waals surface area contributed by atoms with Gasteiger partial charge in [0.1, 0.15) is 0 Å². The minimum atomic E-state index is 0.728. The molecule has 1 heterocycles. The van der Waals surface area contributed by atoms with Gasteiger partial charge in [-0.25, -0.2) is 0 Å². The van der Waals surface area contributed by atoms with Crippen LogP contribution in [-0.2, 0) is 6.42 Å². The maximum atomic E-state index is 4.89. The summed E-state index contributed by atoms with van der Waals surface area (Å²) in [5.74, 6) is 3.83. The molecule has 0 radical (unpaired) electrons. The zero-order valence-corrected chi connectivity index (χ0v) is 19.5. The molecule has 1 aromatic heterocycles. The molecule has 164 valence electrons. The Bertz CT molecular complexity index is 532. The third-order valence-corrected chi connectivity index (χ3v) is 8.13. The number of nitrogens with zero attached hydrogens (tertiary/aromatic N) is 1. The highest BCUT2D eigenvalue weighted by molar-refractivity contribution is 5.17. The minimum absolute atomic E-state index is 0.728. The Hall–Kier alpha value is -0.850. The first-order valence-electron chi connectivity index (χ1n) is 13.2. The molecule has 29 heavy (non-hydrogen) atoms. The van der Waals surface area contributed by atoms with Gasteiger partial charge in [0.25, 0.3) is 0 Å². The van der Waals surface area contributed by atoms with E-state index in [1.54, 1.807) is 0 Å². The largest absolute Gasteiger partial charge is 0.261 e. The Morgan fingerprint density at radius 1 is 0.724 bits per heavy atom. The Kier molecular flexibility index (Phi) is 10.0. The van der Waals surface area contributed by atoms with E-state index < -0.39 is 0 Å². The van der Waals surface area contributed by atoms with Crippen LogP contribution in [-0.4, -0.2) is 4.98 Å². The molecular weight excluding hydrogens is 350 g/mol. The number of hydrogen-bond donors (Lipinski definition) is 0. The van der Waals surface area contributed by atoms with Crippen molar-refractivity contribution >= 4 is 0 Å². The molecule has 2 saturated carbocycles. The zero-order chi connectivity index (χ0) is 20.3. The molecule has 0 spiro atoms. The normalized spacial score (nSPS) is 27.8. The number of unbranched alkanes of at least 4 members (excludes halogenated alkanes) is 5. The maximum absolute atomic E-state index is 4.89. The van der Waals surface area contributed by atoms with E-state index in [2.05, 4.69) is 32.2 Å². The third kappa shape index (κ3) is 7.41. The first kappa shape index (κ1) is 22.8. The van der Waals surface area contributed by atoms with E-state index in [0.29, 0.717) is 0 Å². The second kappa shape index (κ2) is 12.8. The molecule has 1 heteroatoms. The Morgan fingerprint density at radius 2 is 1.38 bits per heavy atom. The van der Waals surface area contributed by atoms with Crippen LogP contribution in [0.2, 0.25) is 0 Å². The average molecular weight is 398 g/mol. The van der Waals surface area contributed by atoms with Crippen molar-refractivity contribution in [2.24, 2.45) is 17.8 Å². The summed E-state index contributed by atoms with van der Waals surface area (Å²) in [6, 6.07) is 4.72. The molecule has 0 bridgehead atoms. The van der Waals surface area contributed by atoms with Crippen LogP contribution in [0.15, 0.2) is 18.3 Å². The molecule has 1 aromatic rings. The van der Waals surface area contributed by atoms with Gasteiger partial charge in [-0.05, 0) is 80.8 Å². The van der Waals surface area contributed by atoms with Gasteiger partial charge in [0.15, 0.2) is 0 Å². The van der Waals surface area contributed by atoms with Gasteiger partial charge in [-0.3, -0.25) is 4.98 Å². The van der Waals surface area contributed by atoms with Crippen molar-refractivity contribution in [1.29, 1.82) is 0 Å². The maximum Gasteiger partial charge on any atom is 0.0434 e. The smallest absolute Gasteiger partial charge is 0.0434 e. The SMILES string of the molecule is CCCCCCCc1ccc(C2CCC([C@H]3CC[C@H](CCCC)CC3)CC2)nc1. The van der Waals surface area contributed by atoms with Crippen LogP contribution >= 0.6 is 0 Å². The Morgan fingerprint density at radius 3 is 2.00 bits per heavy atom. The summed E-state index contributed by atoms with van der Waals surface area (Å²) in [6.45, 7) is 4.62. The van der Waals surface area contributed by atoms with E-state index >= 15 is 0 Å². The van der Waals surface area contributed by atoms with E-state index in [1.807, 2.05) is 0 Å². The lowest BCUT2D eigenvalue weighted by molar-refractivity contribution is 0.155. The first-order valence-corrected chi connectivity index (χ1v) is 13.2. The average Bonchev–Trinajstić information content (AvgIpc) is 2.78. The van der Waals surface area contributed by atoms with Crippen LogP contribution in [0.4, 0.5) is 0 Å². The van der Waals surface area contributed by atoms with Gasteiger partial charge in [0.2, 0.25) is 0 Å². The van der Waals surface area contributed by atoms with Gasteiger partial charge in [-0.1, -0.05) is 77.7 Å². The molecule has 0 atom stereocenters. The lowest BCUT2D eigenvalue weighted by Crippen LogP contribution is -2.25. The molecule has 3 rings (SSSR count). The summed E-state index contributed by atoms with van der Waals surface area (Å²) in [6.07, 6.45) is 26.3. The van der Waals surface area contributed by atoms with E-state index in [1.165, 1.54) is 120 Å². The fourth-order valence-electron chi connectivity index (χ4n) is 6.09. The number of pyridine rings is 1. The van der Waals surface area contributed by atoms with E-state index in [9.17, 15) is 0 Å².